The van der Waals surface area contributed by atoms with E-state index in [-0.39, 0.29) is 17.4 Å². The van der Waals surface area contributed by atoms with Crippen molar-refractivity contribution in [2.75, 3.05) is 26.2 Å². The number of hydrogen-bond acceptors (Lipinski definition) is 6. The van der Waals surface area contributed by atoms with E-state index in [1.54, 1.807) is 6.20 Å². The summed E-state index contributed by atoms with van der Waals surface area (Å²) in [6.07, 6.45) is -2.78. The van der Waals surface area contributed by atoms with E-state index in [0.717, 1.165) is 44.1 Å². The molecule has 1 aromatic carbocycles. The van der Waals surface area contributed by atoms with Crippen LogP contribution in [0.4, 0.5) is 13.2 Å². The van der Waals surface area contributed by atoms with Crippen LogP contribution in [0.3, 0.4) is 0 Å². The minimum Gasteiger partial charge on any atom is -0.337 e. The molecule has 1 fully saturated rings. The first-order chi connectivity index (χ1) is 14.7. The molecule has 0 bridgehead atoms. The quantitative estimate of drug-likeness (QED) is 0.580. The molecule has 2 aromatic heterocycles. The number of aromatic nitrogens is 4. The Hall–Kier alpha value is -2.43. The van der Waals surface area contributed by atoms with Gasteiger partial charge in [0.2, 0.25) is 11.7 Å². The Morgan fingerprint density at radius 2 is 1.94 bits per heavy atom. The van der Waals surface area contributed by atoms with Crippen LogP contribution in [0.5, 0.6) is 0 Å². The minimum atomic E-state index is -4.42. The van der Waals surface area contributed by atoms with Crippen LogP contribution >= 0.6 is 11.6 Å². The molecule has 11 heteroatoms. The molecule has 166 valence electrons. The lowest BCUT2D eigenvalue weighted by Gasteiger charge is -2.36. The van der Waals surface area contributed by atoms with Gasteiger partial charge in [-0.3, -0.25) is 9.80 Å². The highest BCUT2D eigenvalue weighted by Gasteiger charge is 2.31. The highest BCUT2D eigenvalue weighted by molar-refractivity contribution is 6.29. The molecule has 0 amide bonds. The van der Waals surface area contributed by atoms with Gasteiger partial charge in [-0.15, -0.1) is 0 Å². The molecule has 31 heavy (non-hydrogen) atoms. The summed E-state index contributed by atoms with van der Waals surface area (Å²) in [5.41, 5.74) is -0.468. The van der Waals surface area contributed by atoms with Crippen LogP contribution in [0.2, 0.25) is 5.15 Å². The SMILES string of the molecule is CC(c1nc(-c2cccc(C(F)(F)F)c2)no1)N1CCN(Cc2ncc(Cl)n2C)CC1. The Labute approximate surface area is 182 Å². The van der Waals surface area contributed by atoms with Crippen molar-refractivity contribution in [2.45, 2.75) is 25.7 Å². The summed E-state index contributed by atoms with van der Waals surface area (Å²) >= 11 is 6.05. The largest absolute Gasteiger partial charge is 0.416 e. The van der Waals surface area contributed by atoms with Crippen LogP contribution in [0.25, 0.3) is 11.4 Å². The standard InChI is InChI=1S/C20H22ClF3N6O/c1-13(30-8-6-29(7-9-30)12-17-25-11-16(21)28(17)2)19-26-18(27-31-19)14-4-3-5-15(10-14)20(22,23)24/h3-5,10-11,13H,6-9,12H2,1-2H3. The number of halogens is 4. The number of alkyl halides is 3. The van der Waals surface area contributed by atoms with Crippen LogP contribution in [0.1, 0.15) is 30.2 Å². The van der Waals surface area contributed by atoms with Crippen LogP contribution < -0.4 is 0 Å². The van der Waals surface area contributed by atoms with E-state index >= 15 is 0 Å². The summed E-state index contributed by atoms with van der Waals surface area (Å²) in [5, 5.41) is 4.50. The van der Waals surface area contributed by atoms with E-state index in [1.807, 2.05) is 18.5 Å². The van der Waals surface area contributed by atoms with Crippen molar-refractivity contribution in [3.8, 4) is 11.4 Å². The Morgan fingerprint density at radius 1 is 1.19 bits per heavy atom. The molecule has 1 atom stereocenters. The fourth-order valence-corrected chi connectivity index (χ4v) is 3.74. The lowest BCUT2D eigenvalue weighted by molar-refractivity contribution is -0.137. The highest BCUT2D eigenvalue weighted by atomic mass is 35.5. The predicted octanol–water partition coefficient (Wildman–Crippen LogP) is 4.02. The first kappa shape index (κ1) is 21.8. The van der Waals surface area contributed by atoms with Crippen molar-refractivity contribution in [1.29, 1.82) is 0 Å². The zero-order chi connectivity index (χ0) is 22.2. The first-order valence-corrected chi connectivity index (χ1v) is 10.2. The van der Waals surface area contributed by atoms with Crippen LogP contribution in [-0.2, 0) is 19.8 Å². The van der Waals surface area contributed by atoms with Gasteiger partial charge >= 0.3 is 6.18 Å². The van der Waals surface area contributed by atoms with Crippen molar-refractivity contribution in [1.82, 2.24) is 29.5 Å². The molecule has 7 nitrogen and oxygen atoms in total. The van der Waals surface area contributed by atoms with Gasteiger partial charge in [-0.1, -0.05) is 28.9 Å². The summed E-state index contributed by atoms with van der Waals surface area (Å²) in [6, 6.07) is 4.78. The average Bonchev–Trinajstić information content (AvgIpc) is 3.36. The van der Waals surface area contributed by atoms with Gasteiger partial charge in [0, 0.05) is 38.8 Å². The van der Waals surface area contributed by atoms with Gasteiger partial charge in [0.05, 0.1) is 24.3 Å². The van der Waals surface area contributed by atoms with E-state index in [2.05, 4.69) is 24.9 Å². The second-order valence-electron chi connectivity index (χ2n) is 7.58. The molecule has 3 aromatic rings. The first-order valence-electron chi connectivity index (χ1n) is 9.86. The van der Waals surface area contributed by atoms with Crippen molar-refractivity contribution in [2.24, 2.45) is 7.05 Å². The summed E-state index contributed by atoms with van der Waals surface area (Å²) in [4.78, 5) is 13.2. The molecular weight excluding hydrogens is 433 g/mol. The van der Waals surface area contributed by atoms with Crippen molar-refractivity contribution < 1.29 is 17.7 Å². The highest BCUT2D eigenvalue weighted by Crippen LogP contribution is 2.32. The second kappa shape index (κ2) is 8.60. The fraction of sp³-hybridized carbons (Fsp3) is 0.450. The monoisotopic (exact) mass is 454 g/mol. The summed E-state index contributed by atoms with van der Waals surface area (Å²) < 4.78 is 46.1. The van der Waals surface area contributed by atoms with Gasteiger partial charge < -0.3 is 9.09 Å². The van der Waals surface area contributed by atoms with Crippen LogP contribution in [0.15, 0.2) is 35.0 Å². The third kappa shape index (κ3) is 4.76. The van der Waals surface area contributed by atoms with E-state index in [0.29, 0.717) is 17.6 Å². The Balaban J connectivity index is 1.38. The molecular formula is C20H22ClF3N6O. The topological polar surface area (TPSA) is 63.2 Å². The molecule has 4 rings (SSSR count). The number of benzene rings is 1. The third-order valence-corrected chi connectivity index (χ3v) is 5.95. The van der Waals surface area contributed by atoms with Crippen molar-refractivity contribution in [3.05, 3.63) is 52.9 Å². The zero-order valence-electron chi connectivity index (χ0n) is 17.1. The molecule has 3 heterocycles. The normalized spacial score (nSPS) is 17.2. The van der Waals surface area contributed by atoms with Crippen LogP contribution in [0, 0.1) is 0 Å². The van der Waals surface area contributed by atoms with E-state index in [1.165, 1.54) is 12.1 Å². The Bertz CT molecular complexity index is 1040. The van der Waals surface area contributed by atoms with Crippen molar-refractivity contribution >= 4 is 11.6 Å². The summed E-state index contributed by atoms with van der Waals surface area (Å²) in [7, 11) is 1.89. The van der Waals surface area contributed by atoms with Gasteiger partial charge in [-0.2, -0.15) is 18.2 Å². The second-order valence-corrected chi connectivity index (χ2v) is 7.97. The van der Waals surface area contributed by atoms with Gasteiger partial charge in [0.25, 0.3) is 0 Å². The van der Waals surface area contributed by atoms with Gasteiger partial charge in [-0.05, 0) is 19.1 Å². The van der Waals surface area contributed by atoms with Gasteiger partial charge in [0.1, 0.15) is 11.0 Å². The molecule has 1 unspecified atom stereocenters. The van der Waals surface area contributed by atoms with Crippen LogP contribution in [-0.4, -0.2) is 55.7 Å². The lowest BCUT2D eigenvalue weighted by Crippen LogP contribution is -2.46. The third-order valence-electron chi connectivity index (χ3n) is 5.59. The minimum absolute atomic E-state index is 0.142. The van der Waals surface area contributed by atoms with E-state index in [9.17, 15) is 13.2 Å². The maximum Gasteiger partial charge on any atom is 0.416 e. The lowest BCUT2D eigenvalue weighted by atomic mass is 10.1. The smallest absolute Gasteiger partial charge is 0.337 e. The number of hydrogen-bond donors (Lipinski definition) is 0. The van der Waals surface area contributed by atoms with Crippen molar-refractivity contribution in [3.63, 3.8) is 0 Å². The summed E-state index contributed by atoms with van der Waals surface area (Å²) in [6.45, 7) is 5.93. The Kier molecular flexibility index (Phi) is 6.05. The number of piperazine rings is 1. The molecule has 0 saturated carbocycles. The van der Waals surface area contributed by atoms with E-state index < -0.39 is 11.7 Å². The summed E-state index contributed by atoms with van der Waals surface area (Å²) in [5.74, 6) is 1.45. The Morgan fingerprint density at radius 3 is 2.58 bits per heavy atom. The van der Waals surface area contributed by atoms with Gasteiger partial charge in [-0.25, -0.2) is 4.98 Å². The zero-order valence-corrected chi connectivity index (χ0v) is 17.9. The molecule has 0 aliphatic carbocycles. The van der Waals surface area contributed by atoms with E-state index in [4.69, 9.17) is 16.1 Å². The molecule has 1 saturated heterocycles. The molecule has 1 aliphatic rings. The number of imidazole rings is 1. The molecule has 1 aliphatic heterocycles. The molecule has 0 N–H and O–H groups in total. The van der Waals surface area contributed by atoms with Gasteiger partial charge in [0.15, 0.2) is 0 Å². The number of rotatable bonds is 5. The number of nitrogens with zero attached hydrogens (tertiary/aromatic N) is 6. The predicted molar refractivity (Wildman–Crippen MR) is 108 cm³/mol. The molecule has 0 radical (unpaired) electrons. The fourth-order valence-electron chi connectivity index (χ4n) is 3.59. The molecule has 0 spiro atoms. The maximum atomic E-state index is 13.0. The maximum absolute atomic E-state index is 13.0. The average molecular weight is 455 g/mol.